The number of hydrogen-bond donors (Lipinski definition) is 0. The molecule has 1 nitrogen and oxygen atoms in total. The molecule has 0 N–H and O–H groups in total. The predicted molar refractivity (Wildman–Crippen MR) is 111 cm³/mol. The summed E-state index contributed by atoms with van der Waals surface area (Å²) in [4.78, 5) is 12.0. The van der Waals surface area contributed by atoms with Gasteiger partial charge in [-0.05, 0) is 91.3 Å². The van der Waals surface area contributed by atoms with E-state index in [1.165, 1.54) is 51.4 Å². The third kappa shape index (κ3) is 3.00. The Morgan fingerprint density at radius 2 is 1.65 bits per heavy atom. The van der Waals surface area contributed by atoms with E-state index < -0.39 is 0 Å². The Morgan fingerprint density at radius 1 is 0.962 bits per heavy atom. The minimum absolute atomic E-state index is 0.479. The van der Waals surface area contributed by atoms with Gasteiger partial charge in [-0.3, -0.25) is 4.79 Å². The summed E-state index contributed by atoms with van der Waals surface area (Å²) >= 11 is 0. The summed E-state index contributed by atoms with van der Waals surface area (Å²) in [5, 5.41) is 0. The number of Topliss-reactive ketones (excluding diaryl/α,β-unsaturated/α-hetero) is 1. The molecule has 4 saturated carbocycles. The van der Waals surface area contributed by atoms with Gasteiger partial charge in [0.15, 0.2) is 0 Å². The Balaban J connectivity index is 0.000000948. The van der Waals surface area contributed by atoms with Gasteiger partial charge in [0.05, 0.1) is 0 Å². The van der Waals surface area contributed by atoms with Crippen molar-refractivity contribution in [3.8, 4) is 0 Å². The van der Waals surface area contributed by atoms with E-state index in [2.05, 4.69) is 27.7 Å². The molecule has 0 aliphatic heterocycles. The van der Waals surface area contributed by atoms with Gasteiger partial charge in [-0.2, -0.15) is 0 Å². The van der Waals surface area contributed by atoms with Crippen LogP contribution in [0.1, 0.15) is 106 Å². The Morgan fingerprint density at radius 3 is 2.35 bits per heavy atom. The summed E-state index contributed by atoms with van der Waals surface area (Å²) in [5.74, 6) is 5.98. The van der Waals surface area contributed by atoms with Crippen LogP contribution in [0, 0.1) is 46.3 Å². The largest absolute Gasteiger partial charge is 0.300 e. The fourth-order valence-electron chi connectivity index (χ4n) is 8.31. The zero-order chi connectivity index (χ0) is 19.1. The molecule has 4 rings (SSSR count). The van der Waals surface area contributed by atoms with Gasteiger partial charge in [0.2, 0.25) is 0 Å². The lowest BCUT2D eigenvalue weighted by atomic mass is 9.44. The number of carbonyl (C=O) groups excluding carboxylic acids is 1. The van der Waals surface area contributed by atoms with Crippen molar-refractivity contribution in [1.29, 1.82) is 0 Å². The molecular formula is C25H44O. The molecule has 26 heavy (non-hydrogen) atoms. The maximum absolute atomic E-state index is 12.0. The molecule has 4 aliphatic rings. The van der Waals surface area contributed by atoms with Crippen molar-refractivity contribution in [2.45, 2.75) is 106 Å². The highest BCUT2D eigenvalue weighted by Gasteiger charge is 2.60. The van der Waals surface area contributed by atoms with E-state index in [9.17, 15) is 4.79 Å². The maximum Gasteiger partial charge on any atom is 0.133 e. The summed E-state index contributed by atoms with van der Waals surface area (Å²) in [6.45, 7) is 14.1. The van der Waals surface area contributed by atoms with E-state index in [4.69, 9.17) is 0 Å². The van der Waals surface area contributed by atoms with Crippen LogP contribution in [0.3, 0.4) is 0 Å². The minimum Gasteiger partial charge on any atom is -0.300 e. The molecular weight excluding hydrogens is 316 g/mol. The molecule has 0 bridgehead atoms. The molecule has 8 unspecified atom stereocenters. The summed E-state index contributed by atoms with van der Waals surface area (Å²) in [6.07, 6.45) is 13.0. The smallest absolute Gasteiger partial charge is 0.133 e. The second-order valence-corrected chi connectivity index (χ2v) is 10.5. The maximum atomic E-state index is 12.0. The molecule has 150 valence electrons. The van der Waals surface area contributed by atoms with Crippen molar-refractivity contribution in [3.63, 3.8) is 0 Å². The number of rotatable bonds is 2. The van der Waals surface area contributed by atoms with Crippen LogP contribution in [0.25, 0.3) is 0 Å². The Hall–Kier alpha value is -0.330. The van der Waals surface area contributed by atoms with Gasteiger partial charge in [0.25, 0.3) is 0 Å². The average Bonchev–Trinajstić information content (AvgIpc) is 3.00. The van der Waals surface area contributed by atoms with E-state index in [1.54, 1.807) is 0 Å². The summed E-state index contributed by atoms with van der Waals surface area (Å²) in [7, 11) is 0. The first kappa shape index (κ1) is 20.4. The zero-order valence-electron chi connectivity index (χ0n) is 18.4. The molecule has 8 atom stereocenters. The molecule has 0 heterocycles. The molecule has 0 spiro atoms. The lowest BCUT2D eigenvalue weighted by molar-refractivity contribution is -0.140. The third-order valence-electron chi connectivity index (χ3n) is 9.89. The zero-order valence-corrected chi connectivity index (χ0v) is 18.4. The van der Waals surface area contributed by atoms with Crippen molar-refractivity contribution in [3.05, 3.63) is 0 Å². The summed E-state index contributed by atoms with van der Waals surface area (Å²) in [6, 6.07) is 0. The first-order chi connectivity index (χ1) is 12.4. The lowest BCUT2D eigenvalue weighted by Crippen LogP contribution is -2.53. The number of ketones is 1. The fraction of sp³-hybridized carbons (Fsp3) is 0.960. The standard InChI is InChI=1S/C23H38O.C2H6/c1-5-15(2)19-8-9-20-18-7-6-16-14-17(24)10-12-22(16,3)21(18)11-13-23(19,20)4;1-2/h15-16,18-21H,5-14H2,1-4H3;1-2H3. The van der Waals surface area contributed by atoms with Crippen LogP contribution in [0.15, 0.2) is 0 Å². The lowest BCUT2D eigenvalue weighted by Gasteiger charge is -2.60. The average molecular weight is 361 g/mol. The molecule has 0 aromatic heterocycles. The van der Waals surface area contributed by atoms with Gasteiger partial charge >= 0.3 is 0 Å². The van der Waals surface area contributed by atoms with E-state index in [-0.39, 0.29) is 0 Å². The topological polar surface area (TPSA) is 17.1 Å². The van der Waals surface area contributed by atoms with Gasteiger partial charge in [0, 0.05) is 12.8 Å². The Bertz CT molecular complexity index is 510. The fourth-order valence-corrected chi connectivity index (χ4v) is 8.31. The molecule has 0 aromatic carbocycles. The van der Waals surface area contributed by atoms with Crippen molar-refractivity contribution in [1.82, 2.24) is 0 Å². The monoisotopic (exact) mass is 360 g/mol. The minimum atomic E-state index is 0.479. The SMILES string of the molecule is CC.CCC(C)C1CCC2C3CCC4CC(=O)CCC4(C)C3CCC12C. The quantitative estimate of drug-likeness (QED) is 0.505. The highest BCUT2D eigenvalue weighted by molar-refractivity contribution is 5.79. The van der Waals surface area contributed by atoms with Gasteiger partial charge in [-0.1, -0.05) is 48.0 Å². The molecule has 0 amide bonds. The van der Waals surface area contributed by atoms with Gasteiger partial charge in [-0.15, -0.1) is 0 Å². The second kappa shape index (κ2) is 7.59. The highest BCUT2D eigenvalue weighted by Crippen LogP contribution is 2.68. The van der Waals surface area contributed by atoms with E-state index in [0.717, 1.165) is 42.4 Å². The first-order valence-corrected chi connectivity index (χ1v) is 11.9. The Labute approximate surface area is 163 Å². The van der Waals surface area contributed by atoms with E-state index in [0.29, 0.717) is 22.5 Å². The van der Waals surface area contributed by atoms with Crippen LogP contribution in [0.5, 0.6) is 0 Å². The molecule has 0 radical (unpaired) electrons. The van der Waals surface area contributed by atoms with Crippen LogP contribution in [-0.2, 0) is 4.79 Å². The van der Waals surface area contributed by atoms with E-state index >= 15 is 0 Å². The second-order valence-electron chi connectivity index (χ2n) is 10.5. The van der Waals surface area contributed by atoms with Crippen molar-refractivity contribution < 1.29 is 4.79 Å². The molecule has 0 saturated heterocycles. The van der Waals surface area contributed by atoms with Gasteiger partial charge in [-0.25, -0.2) is 0 Å². The molecule has 4 aliphatic carbocycles. The van der Waals surface area contributed by atoms with Crippen LogP contribution in [0.2, 0.25) is 0 Å². The summed E-state index contributed by atoms with van der Waals surface area (Å²) < 4.78 is 0. The van der Waals surface area contributed by atoms with Crippen molar-refractivity contribution >= 4 is 5.78 Å². The van der Waals surface area contributed by atoms with Crippen LogP contribution < -0.4 is 0 Å². The highest BCUT2D eigenvalue weighted by atomic mass is 16.1. The molecule has 0 aromatic rings. The molecule has 4 fully saturated rings. The van der Waals surface area contributed by atoms with Crippen LogP contribution in [-0.4, -0.2) is 5.78 Å². The first-order valence-electron chi connectivity index (χ1n) is 11.9. The number of hydrogen-bond acceptors (Lipinski definition) is 1. The van der Waals surface area contributed by atoms with Gasteiger partial charge in [0.1, 0.15) is 5.78 Å². The van der Waals surface area contributed by atoms with Crippen LogP contribution in [0.4, 0.5) is 0 Å². The normalized spacial score (nSPS) is 48.5. The van der Waals surface area contributed by atoms with Gasteiger partial charge < -0.3 is 0 Å². The van der Waals surface area contributed by atoms with Crippen molar-refractivity contribution in [2.75, 3.05) is 0 Å². The van der Waals surface area contributed by atoms with Crippen LogP contribution >= 0.6 is 0 Å². The number of carbonyl (C=O) groups is 1. The third-order valence-corrected chi connectivity index (χ3v) is 9.89. The van der Waals surface area contributed by atoms with E-state index in [1.807, 2.05) is 13.8 Å². The molecule has 1 heteroatoms. The Kier molecular flexibility index (Phi) is 5.96. The summed E-state index contributed by atoms with van der Waals surface area (Å²) in [5.41, 5.74) is 1.09. The predicted octanol–water partition coefficient (Wildman–Crippen LogP) is 7.29. The van der Waals surface area contributed by atoms with Crippen molar-refractivity contribution in [2.24, 2.45) is 46.3 Å². The number of fused-ring (bicyclic) bond motifs is 5.